The number of benzene rings is 4. The molecule has 1 aliphatic carbocycles. The van der Waals surface area contributed by atoms with Crippen molar-refractivity contribution in [1.82, 2.24) is 0 Å². The van der Waals surface area contributed by atoms with Crippen molar-refractivity contribution in [2.24, 2.45) is 5.10 Å². The van der Waals surface area contributed by atoms with Gasteiger partial charge in [0.15, 0.2) is 11.6 Å². The zero-order chi connectivity index (χ0) is 23.3. The third-order valence-electron chi connectivity index (χ3n) is 6.62. The Kier molecular flexibility index (Phi) is 4.71. The van der Waals surface area contributed by atoms with Crippen LogP contribution in [-0.4, -0.2) is 22.8 Å². The molecule has 0 fully saturated rings. The van der Waals surface area contributed by atoms with Crippen LogP contribution in [0.4, 0.5) is 5.69 Å². The summed E-state index contributed by atoms with van der Waals surface area (Å²) in [5.41, 5.74) is 2.30. The molecular weight excluding hydrogens is 444 g/mol. The molecule has 1 aliphatic heterocycles. The molecule has 0 aromatic heterocycles. The number of nitrogens with zero attached hydrogens (tertiary/aromatic N) is 2. The van der Waals surface area contributed by atoms with Gasteiger partial charge in [0.2, 0.25) is 5.54 Å². The highest BCUT2D eigenvalue weighted by molar-refractivity contribution is 6.39. The van der Waals surface area contributed by atoms with Crippen molar-refractivity contribution in [1.29, 1.82) is 0 Å². The second-order valence-electron chi connectivity index (χ2n) is 8.45. The number of fused-ring (bicyclic) bond motifs is 1. The molecule has 0 N–H and O–H groups in total. The van der Waals surface area contributed by atoms with Gasteiger partial charge in [-0.25, -0.2) is 5.01 Å². The van der Waals surface area contributed by atoms with E-state index in [-0.39, 0.29) is 11.6 Å². The maximum absolute atomic E-state index is 14.3. The molecule has 6 rings (SSSR count). The zero-order valence-electron chi connectivity index (χ0n) is 18.1. The highest BCUT2D eigenvalue weighted by atomic mass is 35.5. The number of halogens is 1. The van der Waals surface area contributed by atoms with Crippen LogP contribution in [0.15, 0.2) is 114 Å². The van der Waals surface area contributed by atoms with Gasteiger partial charge in [0.05, 0.1) is 17.3 Å². The summed E-state index contributed by atoms with van der Waals surface area (Å²) in [7, 11) is 0. The molecule has 1 spiro atoms. The number of anilines is 1. The van der Waals surface area contributed by atoms with Crippen molar-refractivity contribution in [2.75, 3.05) is 5.01 Å². The maximum Gasteiger partial charge on any atom is 0.201 e. The smallest absolute Gasteiger partial charge is 0.201 e. The summed E-state index contributed by atoms with van der Waals surface area (Å²) in [5, 5.41) is 7.23. The van der Waals surface area contributed by atoms with Gasteiger partial charge in [-0.2, -0.15) is 5.10 Å². The zero-order valence-corrected chi connectivity index (χ0v) is 18.8. The van der Waals surface area contributed by atoms with E-state index in [4.69, 9.17) is 16.7 Å². The summed E-state index contributed by atoms with van der Waals surface area (Å²) >= 11 is 6.20. The predicted molar refractivity (Wildman–Crippen MR) is 134 cm³/mol. The molecule has 4 aromatic carbocycles. The SMILES string of the molecule is O=C1c2ccccc2C(=O)C12[C@@H](c1ccc(Cl)cc1)C(c1ccccc1)=NN2c1ccccc1. The van der Waals surface area contributed by atoms with Crippen LogP contribution in [0.25, 0.3) is 0 Å². The first-order valence-corrected chi connectivity index (χ1v) is 11.4. The second kappa shape index (κ2) is 7.79. The lowest BCUT2D eigenvalue weighted by molar-refractivity contribution is 0.0791. The number of hydrogen-bond donors (Lipinski definition) is 0. The summed E-state index contributed by atoms with van der Waals surface area (Å²) in [5.74, 6) is -1.11. The first kappa shape index (κ1) is 20.6. The van der Waals surface area contributed by atoms with Gasteiger partial charge in [-0.3, -0.25) is 9.59 Å². The van der Waals surface area contributed by atoms with Crippen LogP contribution in [0.5, 0.6) is 0 Å². The molecule has 0 amide bonds. The molecule has 164 valence electrons. The van der Waals surface area contributed by atoms with Crippen LogP contribution in [0.2, 0.25) is 5.02 Å². The normalized spacial score (nSPS) is 18.3. The predicted octanol–water partition coefficient (Wildman–Crippen LogP) is 6.17. The number of carbonyl (C=O) groups excluding carboxylic acids is 2. The van der Waals surface area contributed by atoms with E-state index < -0.39 is 11.5 Å². The van der Waals surface area contributed by atoms with Crippen molar-refractivity contribution in [3.8, 4) is 0 Å². The number of Topliss-reactive ketones (excluding diaryl/α,β-unsaturated/α-hetero) is 2. The Morgan fingerprint density at radius 3 is 1.79 bits per heavy atom. The van der Waals surface area contributed by atoms with Gasteiger partial charge in [0.1, 0.15) is 0 Å². The van der Waals surface area contributed by atoms with E-state index >= 15 is 0 Å². The Morgan fingerprint density at radius 2 is 1.21 bits per heavy atom. The van der Waals surface area contributed by atoms with Crippen LogP contribution >= 0.6 is 11.6 Å². The molecule has 4 nitrogen and oxygen atoms in total. The molecule has 0 bridgehead atoms. The maximum atomic E-state index is 14.3. The molecule has 1 heterocycles. The Balaban J connectivity index is 1.68. The van der Waals surface area contributed by atoms with E-state index in [1.165, 1.54) is 0 Å². The van der Waals surface area contributed by atoms with Gasteiger partial charge in [-0.1, -0.05) is 96.5 Å². The van der Waals surface area contributed by atoms with E-state index in [1.54, 1.807) is 41.4 Å². The van der Waals surface area contributed by atoms with E-state index in [2.05, 4.69) is 0 Å². The van der Waals surface area contributed by atoms with Crippen molar-refractivity contribution < 1.29 is 9.59 Å². The quantitative estimate of drug-likeness (QED) is 0.342. The lowest BCUT2D eigenvalue weighted by atomic mass is 9.72. The van der Waals surface area contributed by atoms with Crippen molar-refractivity contribution in [3.05, 3.63) is 136 Å². The van der Waals surface area contributed by atoms with Crippen molar-refractivity contribution in [3.63, 3.8) is 0 Å². The Hall–Kier alpha value is -4.02. The summed E-state index contributed by atoms with van der Waals surface area (Å²) in [6, 6.07) is 33.5. The van der Waals surface area contributed by atoms with Crippen LogP contribution in [0, 0.1) is 0 Å². The standard InChI is InChI=1S/C29H19ClN2O2/c30-21-17-15-19(16-18-21)25-26(20-9-3-1-4-10-20)31-32(22-11-5-2-6-12-22)29(25)27(33)23-13-7-8-14-24(23)28(29)34/h1-18,25H/t25-/m0/s1. The minimum Gasteiger partial charge on any atom is -0.291 e. The summed E-state index contributed by atoms with van der Waals surface area (Å²) in [6.45, 7) is 0. The fourth-order valence-electron chi connectivity index (χ4n) is 5.13. The molecule has 5 heteroatoms. The number of hydrogen-bond acceptors (Lipinski definition) is 4. The van der Waals surface area contributed by atoms with Gasteiger partial charge in [0.25, 0.3) is 0 Å². The number of hydrazone groups is 1. The topological polar surface area (TPSA) is 49.7 Å². The van der Waals surface area contributed by atoms with Gasteiger partial charge >= 0.3 is 0 Å². The van der Waals surface area contributed by atoms with Crippen LogP contribution in [0.3, 0.4) is 0 Å². The van der Waals surface area contributed by atoms with Gasteiger partial charge in [-0.15, -0.1) is 0 Å². The number of carbonyl (C=O) groups is 2. The van der Waals surface area contributed by atoms with Gasteiger partial charge in [-0.05, 0) is 35.4 Å². The number of ketones is 2. The molecule has 0 radical (unpaired) electrons. The summed E-state index contributed by atoms with van der Waals surface area (Å²) in [6.07, 6.45) is 0. The minimum absolute atomic E-state index is 0.244. The average Bonchev–Trinajstić information content (AvgIpc) is 3.36. The molecule has 4 aromatic rings. The Morgan fingerprint density at radius 1 is 0.676 bits per heavy atom. The Bertz CT molecular complexity index is 1410. The largest absolute Gasteiger partial charge is 0.291 e. The molecule has 0 saturated heterocycles. The third kappa shape index (κ3) is 2.82. The van der Waals surface area contributed by atoms with E-state index in [0.717, 1.165) is 11.1 Å². The minimum atomic E-state index is -1.57. The van der Waals surface area contributed by atoms with Crippen molar-refractivity contribution in [2.45, 2.75) is 11.5 Å². The fraction of sp³-hybridized carbons (Fsp3) is 0.0690. The monoisotopic (exact) mass is 462 g/mol. The molecule has 2 aliphatic rings. The highest BCUT2D eigenvalue weighted by Gasteiger charge is 2.66. The molecule has 34 heavy (non-hydrogen) atoms. The van der Waals surface area contributed by atoms with Gasteiger partial charge < -0.3 is 0 Å². The molecule has 0 saturated carbocycles. The van der Waals surface area contributed by atoms with Crippen LogP contribution in [-0.2, 0) is 0 Å². The van der Waals surface area contributed by atoms with E-state index in [0.29, 0.717) is 27.5 Å². The summed E-state index contributed by atoms with van der Waals surface area (Å²) in [4.78, 5) is 28.6. The first-order valence-electron chi connectivity index (χ1n) is 11.1. The lowest BCUT2D eigenvalue weighted by Crippen LogP contribution is -2.57. The number of para-hydroxylation sites is 1. The number of rotatable bonds is 3. The van der Waals surface area contributed by atoms with E-state index in [9.17, 15) is 9.59 Å². The van der Waals surface area contributed by atoms with E-state index in [1.807, 2.05) is 72.8 Å². The fourth-order valence-corrected chi connectivity index (χ4v) is 5.26. The highest BCUT2D eigenvalue weighted by Crippen LogP contribution is 2.51. The van der Waals surface area contributed by atoms with Crippen LogP contribution < -0.4 is 5.01 Å². The Labute approximate surface area is 202 Å². The van der Waals surface area contributed by atoms with Crippen LogP contribution in [0.1, 0.15) is 37.8 Å². The van der Waals surface area contributed by atoms with Crippen molar-refractivity contribution >= 4 is 34.6 Å². The third-order valence-corrected chi connectivity index (χ3v) is 6.87. The molecule has 1 atom stereocenters. The lowest BCUT2D eigenvalue weighted by Gasteiger charge is -2.36. The van der Waals surface area contributed by atoms with Gasteiger partial charge in [0, 0.05) is 16.1 Å². The second-order valence-corrected chi connectivity index (χ2v) is 8.89. The average molecular weight is 463 g/mol. The molecular formula is C29H19ClN2O2. The molecule has 0 unspecified atom stereocenters. The first-order chi connectivity index (χ1) is 16.6. The summed E-state index contributed by atoms with van der Waals surface area (Å²) < 4.78 is 0.